The Labute approximate surface area is 137 Å². The lowest BCUT2D eigenvalue weighted by Gasteiger charge is -2.39. The summed E-state index contributed by atoms with van der Waals surface area (Å²) in [4.78, 5) is 28.5. The zero-order valence-corrected chi connectivity index (χ0v) is 14.2. The Kier molecular flexibility index (Phi) is 4.04. The lowest BCUT2D eigenvalue weighted by atomic mass is 9.96. The van der Waals surface area contributed by atoms with E-state index in [4.69, 9.17) is 4.74 Å². The van der Waals surface area contributed by atoms with Crippen molar-refractivity contribution in [3.05, 3.63) is 23.8 Å². The molecule has 3 rings (SSSR count). The highest BCUT2D eigenvalue weighted by molar-refractivity contribution is 6.01. The molecular formula is C18H24N2O3. The Morgan fingerprint density at radius 2 is 1.83 bits per heavy atom. The normalized spacial score (nSPS) is 27.5. The molecule has 0 spiro atoms. The average molecular weight is 316 g/mol. The Hall–Kier alpha value is -2.04. The molecule has 2 aliphatic rings. The molecule has 124 valence electrons. The SMILES string of the molecule is CC1Oc2cc(C(=O)N3C(C)CCCC3C)ccc2N(C)C1=O. The first-order valence-electron chi connectivity index (χ1n) is 8.31. The number of carbonyl (C=O) groups is 2. The van der Waals surface area contributed by atoms with Crippen LogP contribution in [0.3, 0.4) is 0 Å². The molecule has 2 aliphatic heterocycles. The molecule has 0 saturated carbocycles. The predicted molar refractivity (Wildman–Crippen MR) is 88.9 cm³/mol. The van der Waals surface area contributed by atoms with Crippen molar-refractivity contribution < 1.29 is 14.3 Å². The van der Waals surface area contributed by atoms with E-state index >= 15 is 0 Å². The topological polar surface area (TPSA) is 49.9 Å². The van der Waals surface area contributed by atoms with Crippen LogP contribution in [0.1, 0.15) is 50.4 Å². The lowest BCUT2D eigenvalue weighted by Crippen LogP contribution is -2.47. The highest BCUT2D eigenvalue weighted by Gasteiger charge is 2.32. The molecule has 1 aromatic rings. The van der Waals surface area contributed by atoms with Crippen molar-refractivity contribution in [1.29, 1.82) is 0 Å². The third kappa shape index (κ3) is 2.69. The van der Waals surface area contributed by atoms with Crippen LogP contribution >= 0.6 is 0 Å². The molecule has 2 heterocycles. The molecule has 1 aromatic carbocycles. The highest BCUT2D eigenvalue weighted by atomic mass is 16.5. The Bertz CT molecular complexity index is 633. The molecular weight excluding hydrogens is 292 g/mol. The number of anilines is 1. The van der Waals surface area contributed by atoms with Gasteiger partial charge < -0.3 is 14.5 Å². The van der Waals surface area contributed by atoms with Gasteiger partial charge in [-0.3, -0.25) is 9.59 Å². The molecule has 5 heteroatoms. The second kappa shape index (κ2) is 5.87. The second-order valence-electron chi connectivity index (χ2n) is 6.68. The van der Waals surface area contributed by atoms with E-state index in [0.29, 0.717) is 17.0 Å². The maximum Gasteiger partial charge on any atom is 0.267 e. The molecule has 0 N–H and O–H groups in total. The fourth-order valence-electron chi connectivity index (χ4n) is 3.62. The van der Waals surface area contributed by atoms with Crippen LogP contribution in [0, 0.1) is 0 Å². The van der Waals surface area contributed by atoms with E-state index in [-0.39, 0.29) is 23.9 Å². The smallest absolute Gasteiger partial charge is 0.267 e. The van der Waals surface area contributed by atoms with Crippen molar-refractivity contribution in [2.45, 2.75) is 58.2 Å². The molecule has 0 radical (unpaired) electrons. The maximum atomic E-state index is 12.9. The van der Waals surface area contributed by atoms with Crippen LogP contribution in [0.4, 0.5) is 5.69 Å². The summed E-state index contributed by atoms with van der Waals surface area (Å²) >= 11 is 0. The van der Waals surface area contributed by atoms with Gasteiger partial charge in [0.1, 0.15) is 5.75 Å². The summed E-state index contributed by atoms with van der Waals surface area (Å²) in [6, 6.07) is 5.87. The molecule has 1 fully saturated rings. The number of ether oxygens (including phenoxy) is 1. The largest absolute Gasteiger partial charge is 0.479 e. The van der Waals surface area contributed by atoms with E-state index in [0.717, 1.165) is 12.8 Å². The van der Waals surface area contributed by atoms with Crippen LogP contribution in [0.25, 0.3) is 0 Å². The molecule has 3 unspecified atom stereocenters. The van der Waals surface area contributed by atoms with E-state index in [2.05, 4.69) is 13.8 Å². The zero-order chi connectivity index (χ0) is 16.7. The van der Waals surface area contributed by atoms with Crippen molar-refractivity contribution in [1.82, 2.24) is 4.90 Å². The van der Waals surface area contributed by atoms with Crippen LogP contribution in [-0.2, 0) is 4.79 Å². The number of piperidine rings is 1. The Balaban J connectivity index is 1.91. The third-order valence-corrected chi connectivity index (χ3v) is 4.98. The van der Waals surface area contributed by atoms with Crippen LogP contribution in [0.15, 0.2) is 18.2 Å². The zero-order valence-electron chi connectivity index (χ0n) is 14.2. The molecule has 0 bridgehead atoms. The molecule has 0 aromatic heterocycles. The van der Waals surface area contributed by atoms with Crippen LogP contribution in [-0.4, -0.2) is 41.9 Å². The minimum absolute atomic E-state index is 0.0447. The fraction of sp³-hybridized carbons (Fsp3) is 0.556. The third-order valence-electron chi connectivity index (χ3n) is 4.98. The lowest BCUT2D eigenvalue weighted by molar-refractivity contribution is -0.125. The number of rotatable bonds is 1. The van der Waals surface area contributed by atoms with Gasteiger partial charge >= 0.3 is 0 Å². The van der Waals surface area contributed by atoms with Crippen LogP contribution in [0.2, 0.25) is 0 Å². The van der Waals surface area contributed by atoms with Crippen molar-refractivity contribution >= 4 is 17.5 Å². The van der Waals surface area contributed by atoms with Crippen molar-refractivity contribution in [2.75, 3.05) is 11.9 Å². The highest BCUT2D eigenvalue weighted by Crippen LogP contribution is 2.35. The molecule has 1 saturated heterocycles. The minimum atomic E-state index is -0.523. The maximum absolute atomic E-state index is 12.9. The number of hydrogen-bond donors (Lipinski definition) is 0. The summed E-state index contributed by atoms with van der Waals surface area (Å²) in [5, 5.41) is 0. The molecule has 23 heavy (non-hydrogen) atoms. The summed E-state index contributed by atoms with van der Waals surface area (Å²) in [5.41, 5.74) is 1.34. The summed E-state index contributed by atoms with van der Waals surface area (Å²) in [7, 11) is 1.73. The van der Waals surface area contributed by atoms with Gasteiger partial charge in [-0.1, -0.05) is 0 Å². The van der Waals surface area contributed by atoms with Crippen molar-refractivity contribution in [2.24, 2.45) is 0 Å². The van der Waals surface area contributed by atoms with Gasteiger partial charge in [0.2, 0.25) is 0 Å². The number of nitrogens with zero attached hydrogens (tertiary/aromatic N) is 2. The van der Waals surface area contributed by atoms with E-state index in [1.165, 1.54) is 6.42 Å². The first-order chi connectivity index (χ1) is 10.9. The van der Waals surface area contributed by atoms with Gasteiger partial charge in [-0.25, -0.2) is 0 Å². The fourth-order valence-corrected chi connectivity index (χ4v) is 3.62. The number of amides is 2. The Morgan fingerprint density at radius 1 is 1.17 bits per heavy atom. The number of hydrogen-bond acceptors (Lipinski definition) is 3. The monoisotopic (exact) mass is 316 g/mol. The standard InChI is InChI=1S/C18H24N2O3/c1-11-6-5-7-12(2)20(11)18(22)14-8-9-15-16(10-14)23-13(3)17(21)19(15)4/h8-13H,5-7H2,1-4H3. The van der Waals surface area contributed by atoms with E-state index < -0.39 is 6.10 Å². The number of fused-ring (bicyclic) bond motifs is 1. The van der Waals surface area contributed by atoms with Gasteiger partial charge in [0.05, 0.1) is 5.69 Å². The van der Waals surface area contributed by atoms with Gasteiger partial charge in [0.15, 0.2) is 6.10 Å². The van der Waals surface area contributed by atoms with E-state index in [9.17, 15) is 9.59 Å². The molecule has 5 nitrogen and oxygen atoms in total. The van der Waals surface area contributed by atoms with Gasteiger partial charge in [0, 0.05) is 24.7 Å². The first-order valence-corrected chi connectivity index (χ1v) is 8.31. The van der Waals surface area contributed by atoms with Crippen LogP contribution in [0.5, 0.6) is 5.75 Å². The predicted octanol–water partition coefficient (Wildman–Crippen LogP) is 2.83. The number of carbonyl (C=O) groups excluding carboxylic acids is 2. The van der Waals surface area contributed by atoms with Crippen molar-refractivity contribution in [3.63, 3.8) is 0 Å². The molecule has 2 amide bonds. The van der Waals surface area contributed by atoms with Gasteiger partial charge in [-0.2, -0.15) is 0 Å². The Morgan fingerprint density at radius 3 is 2.48 bits per heavy atom. The van der Waals surface area contributed by atoms with Gasteiger partial charge in [-0.15, -0.1) is 0 Å². The first kappa shape index (κ1) is 15.8. The summed E-state index contributed by atoms with van der Waals surface area (Å²) in [5.74, 6) is 0.570. The van der Waals surface area contributed by atoms with Crippen LogP contribution < -0.4 is 9.64 Å². The summed E-state index contributed by atoms with van der Waals surface area (Å²) < 4.78 is 5.68. The number of likely N-dealkylation sites (tertiary alicyclic amines) is 1. The minimum Gasteiger partial charge on any atom is -0.479 e. The average Bonchev–Trinajstić information content (AvgIpc) is 2.52. The van der Waals surface area contributed by atoms with Gasteiger partial charge in [0.25, 0.3) is 11.8 Å². The molecule has 3 atom stereocenters. The molecule has 0 aliphatic carbocycles. The summed E-state index contributed by atoms with van der Waals surface area (Å²) in [6.45, 7) is 5.94. The second-order valence-corrected chi connectivity index (χ2v) is 6.68. The van der Waals surface area contributed by atoms with E-state index in [1.54, 1.807) is 37.1 Å². The van der Waals surface area contributed by atoms with E-state index in [1.807, 2.05) is 4.90 Å². The summed E-state index contributed by atoms with van der Waals surface area (Å²) in [6.07, 6.45) is 2.74. The number of likely N-dealkylation sites (N-methyl/N-ethyl adjacent to an activating group) is 1. The quantitative estimate of drug-likeness (QED) is 0.800. The number of benzene rings is 1. The van der Waals surface area contributed by atoms with Gasteiger partial charge in [-0.05, 0) is 58.2 Å². The van der Waals surface area contributed by atoms with Crippen molar-refractivity contribution in [3.8, 4) is 5.75 Å².